The molecule has 2 aromatic heterocycles. The number of benzene rings is 11. The highest BCUT2D eigenvalue weighted by Gasteiger charge is 2.36. The molecule has 424 valence electrons. The number of hydrogen-bond acceptors (Lipinski definition) is 2. The van der Waals surface area contributed by atoms with Crippen molar-refractivity contribution in [3.05, 3.63) is 327 Å². The summed E-state index contributed by atoms with van der Waals surface area (Å²) in [4.78, 5) is 2.40. The lowest BCUT2D eigenvalue weighted by atomic mass is 9.82. The summed E-state index contributed by atoms with van der Waals surface area (Å²) in [5.74, 6) is 0. The van der Waals surface area contributed by atoms with Crippen LogP contribution in [0.25, 0.3) is 93.9 Å². The lowest BCUT2D eigenvalue weighted by Gasteiger charge is -2.28. The quantitative estimate of drug-likeness (QED) is 0.106. The van der Waals surface area contributed by atoms with Crippen LogP contribution >= 0.6 is 0 Å². The zero-order chi connectivity index (χ0) is 60.2. The van der Waals surface area contributed by atoms with Crippen LogP contribution < -0.4 is 4.90 Å². The minimum Gasteiger partial charge on any atom is -0.455 e. The Hall–Kier alpha value is -10.2. The topological polar surface area (TPSA) is 21.3 Å². The summed E-state index contributed by atoms with van der Waals surface area (Å²) in [6.07, 6.45) is 11.3. The van der Waals surface area contributed by atoms with Crippen molar-refractivity contribution in [3.8, 4) is 50.2 Å². The summed E-state index contributed by atoms with van der Waals surface area (Å²) in [5.41, 5.74) is 23.4. The predicted molar refractivity (Wildman–Crippen MR) is 374 cm³/mol. The van der Waals surface area contributed by atoms with Crippen LogP contribution in [0.2, 0.25) is 0 Å². The molecule has 3 heteroatoms. The van der Waals surface area contributed by atoms with E-state index in [4.69, 9.17) is 4.42 Å². The number of nitrogens with zero attached hydrogens (tertiary/aromatic N) is 2. The summed E-state index contributed by atoms with van der Waals surface area (Å²) in [7, 11) is 0. The van der Waals surface area contributed by atoms with Gasteiger partial charge >= 0.3 is 0 Å². The highest BCUT2D eigenvalue weighted by Crippen LogP contribution is 2.51. The van der Waals surface area contributed by atoms with E-state index in [1.807, 2.05) is 52.0 Å². The maximum absolute atomic E-state index is 6.94. The molecule has 0 fully saturated rings. The summed E-state index contributed by atoms with van der Waals surface area (Å²) in [6, 6.07) is 92.0. The Morgan fingerprint density at radius 2 is 0.919 bits per heavy atom. The highest BCUT2D eigenvalue weighted by atomic mass is 16.3. The van der Waals surface area contributed by atoms with Gasteiger partial charge in [0.05, 0.1) is 16.4 Å². The molecule has 0 spiro atoms. The van der Waals surface area contributed by atoms with E-state index in [2.05, 4.69) is 305 Å². The molecule has 1 aliphatic carbocycles. The Kier molecular flexibility index (Phi) is 18.5. The van der Waals surface area contributed by atoms with E-state index in [0.29, 0.717) is 0 Å². The number of rotatable bonds is 9. The van der Waals surface area contributed by atoms with Crippen LogP contribution in [0.15, 0.2) is 309 Å². The van der Waals surface area contributed by atoms with Gasteiger partial charge in [0, 0.05) is 49.9 Å². The monoisotopic (exact) mass is 1120 g/mol. The third-order valence-electron chi connectivity index (χ3n) is 16.0. The molecule has 1 aliphatic rings. The number of anilines is 3. The number of hydrogen-bond donors (Lipinski definition) is 0. The normalized spacial score (nSPS) is 11.8. The first-order chi connectivity index (χ1) is 42.1. The van der Waals surface area contributed by atoms with Gasteiger partial charge in [0.1, 0.15) is 11.2 Å². The highest BCUT2D eigenvalue weighted by molar-refractivity contribution is 6.27. The molecule has 11 aromatic carbocycles. The van der Waals surface area contributed by atoms with Crippen LogP contribution in [0.5, 0.6) is 0 Å². The van der Waals surface area contributed by atoms with Gasteiger partial charge in [-0.15, -0.1) is 6.58 Å². The third kappa shape index (κ3) is 12.0. The van der Waals surface area contributed by atoms with Crippen molar-refractivity contribution in [2.24, 2.45) is 0 Å². The maximum atomic E-state index is 6.94. The number of aryl methyl sites for hydroxylation is 2. The van der Waals surface area contributed by atoms with Crippen LogP contribution in [-0.2, 0) is 5.41 Å². The molecule has 2 heterocycles. The van der Waals surface area contributed by atoms with Gasteiger partial charge in [0.2, 0.25) is 0 Å². The number of furan rings is 1. The van der Waals surface area contributed by atoms with E-state index in [-0.39, 0.29) is 5.41 Å². The molecule has 0 aliphatic heterocycles. The minimum absolute atomic E-state index is 0.125. The van der Waals surface area contributed by atoms with Crippen molar-refractivity contribution in [2.45, 2.75) is 60.8 Å². The Balaban J connectivity index is 0.000000355. The van der Waals surface area contributed by atoms with E-state index < -0.39 is 0 Å². The first kappa shape index (κ1) is 59.0. The zero-order valence-electron chi connectivity index (χ0n) is 50.9. The fraction of sp³-hybridized carbons (Fsp3) is 0.108. The number of fused-ring (bicyclic) bond motifs is 10. The molecule has 0 unspecified atom stereocenters. The maximum Gasteiger partial charge on any atom is 0.145 e. The zero-order valence-corrected chi connectivity index (χ0v) is 50.9. The Bertz CT molecular complexity index is 4470. The van der Waals surface area contributed by atoms with Gasteiger partial charge in [-0.05, 0) is 156 Å². The molecule has 0 N–H and O–H groups in total. The van der Waals surface area contributed by atoms with Crippen molar-refractivity contribution in [3.63, 3.8) is 0 Å². The fourth-order valence-corrected chi connectivity index (χ4v) is 11.7. The molecular formula is C83H76N2O. The number of para-hydroxylation sites is 2. The standard InChI is InChI=1S/C63H44N2O.C8H10.C7H10.C3H6.C2H6/c1-63(2)56-22-12-9-19-50(56)51-38-37-49(39-57(51)63)64(46-31-25-43(26-32-46)41-15-5-3-6-16-41)47-35-29-45(30-36-47)54-40-55-52-20-10-13-23-58(52)65(48-33-27-44(28-34-48)42-17-7-4-8-18-42)61(55)60-53-21-11-14-24-59(53)66-62(54)60;1-7-5-3-4-6-8(7)2;1-3-5-7-6-4-2;1-3-2;1-2/h3-40H,1-2H3;3-6H,1-2H3;3-7H,1H2,2H3;3H,1H2,2H3;1-2H3/b;;6-4-,7-5-;;. The van der Waals surface area contributed by atoms with Gasteiger partial charge in [0.25, 0.3) is 0 Å². The SMILES string of the molecule is C=C/C=C\C=C/C.C=CC.CC.CC1(C)c2ccccc2-c2ccc(N(c3ccc(-c4ccccc4)cc3)c3ccc(-c4cc5c6ccccc6n(-c6ccc(-c7ccccc7)cc6)c5c5c4oc4ccccc45)cc3)cc21.Cc1ccccc1C. The van der Waals surface area contributed by atoms with E-state index in [0.717, 1.165) is 66.8 Å². The van der Waals surface area contributed by atoms with E-state index in [1.165, 1.54) is 66.4 Å². The van der Waals surface area contributed by atoms with Crippen LogP contribution in [0.3, 0.4) is 0 Å². The Labute approximate surface area is 509 Å². The third-order valence-corrected chi connectivity index (χ3v) is 16.0. The number of allylic oxidation sites excluding steroid dienone is 6. The van der Waals surface area contributed by atoms with Gasteiger partial charge in [-0.1, -0.05) is 259 Å². The van der Waals surface area contributed by atoms with E-state index in [9.17, 15) is 0 Å². The van der Waals surface area contributed by atoms with Gasteiger partial charge in [-0.3, -0.25) is 0 Å². The average Bonchev–Trinajstić information content (AvgIpc) is 1.89. The lowest BCUT2D eigenvalue weighted by Crippen LogP contribution is -2.16. The first-order valence-electron chi connectivity index (χ1n) is 30.0. The predicted octanol–water partition coefficient (Wildman–Crippen LogP) is 24.3. The summed E-state index contributed by atoms with van der Waals surface area (Å²) in [5, 5.41) is 4.62. The van der Waals surface area contributed by atoms with Gasteiger partial charge in [-0.2, -0.15) is 0 Å². The molecule has 0 radical (unpaired) electrons. The second-order valence-electron chi connectivity index (χ2n) is 21.7. The molecule has 0 saturated heterocycles. The Morgan fingerprint density at radius 1 is 0.430 bits per heavy atom. The fourth-order valence-electron chi connectivity index (χ4n) is 11.7. The van der Waals surface area contributed by atoms with Gasteiger partial charge in [-0.25, -0.2) is 0 Å². The van der Waals surface area contributed by atoms with Crippen molar-refractivity contribution in [1.82, 2.24) is 4.57 Å². The smallest absolute Gasteiger partial charge is 0.145 e. The van der Waals surface area contributed by atoms with Gasteiger partial charge in [0.15, 0.2) is 0 Å². The lowest BCUT2D eigenvalue weighted by molar-refractivity contribution is 0.660. The molecule has 3 nitrogen and oxygen atoms in total. The van der Waals surface area contributed by atoms with Crippen LogP contribution in [0.4, 0.5) is 17.1 Å². The molecule has 0 amide bonds. The van der Waals surface area contributed by atoms with Crippen molar-refractivity contribution < 1.29 is 4.42 Å². The van der Waals surface area contributed by atoms with Crippen molar-refractivity contribution >= 4 is 60.8 Å². The number of aromatic nitrogens is 1. The molecule has 13 aromatic rings. The first-order valence-corrected chi connectivity index (χ1v) is 30.0. The summed E-state index contributed by atoms with van der Waals surface area (Å²) in [6.45, 7) is 23.7. The van der Waals surface area contributed by atoms with Gasteiger partial charge < -0.3 is 13.9 Å². The summed E-state index contributed by atoms with van der Waals surface area (Å²) >= 11 is 0. The Morgan fingerprint density at radius 3 is 1.51 bits per heavy atom. The molecule has 14 rings (SSSR count). The molecule has 0 saturated carbocycles. The minimum atomic E-state index is -0.125. The summed E-state index contributed by atoms with van der Waals surface area (Å²) < 4.78 is 9.36. The molecular weight excluding hydrogens is 1040 g/mol. The molecule has 0 atom stereocenters. The largest absolute Gasteiger partial charge is 0.455 e. The van der Waals surface area contributed by atoms with Crippen molar-refractivity contribution in [1.29, 1.82) is 0 Å². The molecule has 86 heavy (non-hydrogen) atoms. The average molecular weight is 1120 g/mol. The van der Waals surface area contributed by atoms with Crippen molar-refractivity contribution in [2.75, 3.05) is 4.90 Å². The second-order valence-corrected chi connectivity index (χ2v) is 21.7. The van der Waals surface area contributed by atoms with Crippen LogP contribution in [-0.4, -0.2) is 4.57 Å². The van der Waals surface area contributed by atoms with Crippen LogP contribution in [0, 0.1) is 13.8 Å². The molecule has 0 bridgehead atoms. The van der Waals surface area contributed by atoms with Crippen LogP contribution in [0.1, 0.15) is 63.8 Å². The second kappa shape index (κ2) is 27.0. The van der Waals surface area contributed by atoms with E-state index in [1.54, 1.807) is 12.2 Å². The van der Waals surface area contributed by atoms with E-state index >= 15 is 0 Å².